The van der Waals surface area contributed by atoms with Crippen molar-refractivity contribution in [3.63, 3.8) is 0 Å². The molecule has 0 radical (unpaired) electrons. The molecular weight excluding hydrogens is 275 g/mol. The molecule has 1 aromatic rings. The molecule has 1 atom stereocenters. The minimum absolute atomic E-state index is 0.0534. The summed E-state index contributed by atoms with van der Waals surface area (Å²) in [6.07, 6.45) is -0.939. The number of amides is 3. The quantitative estimate of drug-likeness (QED) is 0.891. The van der Waals surface area contributed by atoms with E-state index in [0.717, 1.165) is 12.1 Å². The molecule has 0 aliphatic rings. The number of rotatable bonds is 4. The van der Waals surface area contributed by atoms with Crippen LogP contribution < -0.4 is 15.4 Å². The Kier molecular flexibility index (Phi) is 5.57. The maximum atomic E-state index is 12.8. The molecule has 0 heterocycles. The van der Waals surface area contributed by atoms with Gasteiger partial charge < -0.3 is 10.1 Å². The molecule has 5 nitrogen and oxygen atoms in total. The molecule has 1 aromatic carbocycles. The van der Waals surface area contributed by atoms with Crippen molar-refractivity contribution in [1.82, 2.24) is 10.6 Å². The van der Waals surface area contributed by atoms with E-state index in [4.69, 9.17) is 16.3 Å². The Morgan fingerprint density at radius 2 is 2.16 bits per heavy atom. The molecule has 0 aliphatic carbocycles. The van der Waals surface area contributed by atoms with Crippen molar-refractivity contribution in [2.45, 2.75) is 20.0 Å². The largest absolute Gasteiger partial charge is 0.479 e. The number of imide groups is 1. The fourth-order valence-electron chi connectivity index (χ4n) is 1.23. The lowest BCUT2D eigenvalue weighted by Gasteiger charge is -2.15. The Labute approximate surface area is 115 Å². The second kappa shape index (κ2) is 6.94. The monoisotopic (exact) mass is 288 g/mol. The van der Waals surface area contributed by atoms with Gasteiger partial charge in [-0.1, -0.05) is 11.6 Å². The summed E-state index contributed by atoms with van der Waals surface area (Å²) in [7, 11) is 0. The first-order chi connectivity index (χ1) is 8.93. The Balaban J connectivity index is 2.61. The first-order valence-electron chi connectivity index (χ1n) is 5.64. The van der Waals surface area contributed by atoms with Crippen LogP contribution in [0, 0.1) is 5.82 Å². The number of carbonyl (C=O) groups is 2. The molecule has 2 N–H and O–H groups in total. The third-order valence-electron chi connectivity index (χ3n) is 2.14. The molecule has 0 saturated heterocycles. The van der Waals surface area contributed by atoms with Crippen molar-refractivity contribution >= 4 is 23.5 Å². The zero-order valence-corrected chi connectivity index (χ0v) is 11.3. The highest BCUT2D eigenvalue weighted by Crippen LogP contribution is 2.25. The van der Waals surface area contributed by atoms with Crippen LogP contribution in [0.15, 0.2) is 18.2 Å². The Bertz CT molecular complexity index is 482. The number of carbonyl (C=O) groups excluding carboxylic acids is 2. The minimum Gasteiger partial charge on any atom is -0.479 e. The van der Waals surface area contributed by atoms with E-state index < -0.39 is 23.9 Å². The summed E-state index contributed by atoms with van der Waals surface area (Å²) in [5.41, 5.74) is 0. The van der Waals surface area contributed by atoms with E-state index in [1.54, 1.807) is 6.92 Å². The molecule has 0 aliphatic heterocycles. The number of urea groups is 1. The van der Waals surface area contributed by atoms with E-state index in [1.807, 2.05) is 0 Å². The average molecular weight is 289 g/mol. The average Bonchev–Trinajstić information content (AvgIpc) is 2.32. The zero-order valence-electron chi connectivity index (χ0n) is 10.5. The maximum Gasteiger partial charge on any atom is 0.321 e. The summed E-state index contributed by atoms with van der Waals surface area (Å²) >= 11 is 5.76. The number of hydrogen-bond donors (Lipinski definition) is 2. The lowest BCUT2D eigenvalue weighted by Crippen LogP contribution is -2.45. The SMILES string of the molecule is CCNC(=O)NC(=O)[C@H](C)Oc1ccc(F)cc1Cl. The maximum absolute atomic E-state index is 12.8. The first-order valence-corrected chi connectivity index (χ1v) is 6.02. The molecule has 0 saturated carbocycles. The molecule has 0 unspecified atom stereocenters. The van der Waals surface area contributed by atoms with Gasteiger partial charge in [-0.25, -0.2) is 9.18 Å². The smallest absolute Gasteiger partial charge is 0.321 e. The van der Waals surface area contributed by atoms with Crippen LogP contribution in [-0.2, 0) is 4.79 Å². The minimum atomic E-state index is -0.939. The van der Waals surface area contributed by atoms with E-state index in [-0.39, 0.29) is 10.8 Å². The molecule has 7 heteroatoms. The van der Waals surface area contributed by atoms with Crippen LogP contribution in [0.4, 0.5) is 9.18 Å². The lowest BCUT2D eigenvalue weighted by atomic mass is 10.3. The van der Waals surface area contributed by atoms with Crippen LogP contribution in [0.2, 0.25) is 5.02 Å². The molecule has 1 rings (SSSR count). The first kappa shape index (κ1) is 15.2. The van der Waals surface area contributed by atoms with E-state index in [9.17, 15) is 14.0 Å². The second-order valence-corrected chi connectivity index (χ2v) is 4.09. The summed E-state index contributed by atoms with van der Waals surface area (Å²) in [4.78, 5) is 22.7. The van der Waals surface area contributed by atoms with Crippen LogP contribution in [0.25, 0.3) is 0 Å². The van der Waals surface area contributed by atoms with E-state index in [2.05, 4.69) is 10.6 Å². The predicted octanol–water partition coefficient (Wildman–Crippen LogP) is 2.09. The fourth-order valence-corrected chi connectivity index (χ4v) is 1.44. The van der Waals surface area contributed by atoms with Crippen molar-refractivity contribution in [2.75, 3.05) is 6.54 Å². The van der Waals surface area contributed by atoms with Gasteiger partial charge in [0.15, 0.2) is 6.10 Å². The van der Waals surface area contributed by atoms with Gasteiger partial charge in [-0.3, -0.25) is 10.1 Å². The van der Waals surface area contributed by atoms with Crippen LogP contribution >= 0.6 is 11.6 Å². The Hall–Kier alpha value is -1.82. The third-order valence-corrected chi connectivity index (χ3v) is 2.44. The van der Waals surface area contributed by atoms with Crippen molar-refractivity contribution in [1.29, 1.82) is 0 Å². The van der Waals surface area contributed by atoms with E-state index in [1.165, 1.54) is 13.0 Å². The highest BCUT2D eigenvalue weighted by molar-refractivity contribution is 6.32. The predicted molar refractivity (Wildman–Crippen MR) is 68.7 cm³/mol. The van der Waals surface area contributed by atoms with Gasteiger partial charge in [-0.15, -0.1) is 0 Å². The zero-order chi connectivity index (χ0) is 14.4. The molecule has 0 spiro atoms. The number of nitrogens with one attached hydrogen (secondary N) is 2. The van der Waals surface area contributed by atoms with Crippen molar-refractivity contribution < 1.29 is 18.7 Å². The van der Waals surface area contributed by atoms with Crippen LogP contribution in [-0.4, -0.2) is 24.6 Å². The fraction of sp³-hybridized carbons (Fsp3) is 0.333. The third kappa shape index (κ3) is 4.75. The molecule has 19 heavy (non-hydrogen) atoms. The Morgan fingerprint density at radius 3 is 2.74 bits per heavy atom. The van der Waals surface area contributed by atoms with Crippen LogP contribution in [0.1, 0.15) is 13.8 Å². The van der Waals surface area contributed by atoms with Crippen LogP contribution in [0.3, 0.4) is 0 Å². The van der Waals surface area contributed by atoms with Crippen molar-refractivity contribution in [2.24, 2.45) is 0 Å². The summed E-state index contributed by atoms with van der Waals surface area (Å²) < 4.78 is 18.1. The highest BCUT2D eigenvalue weighted by Gasteiger charge is 2.18. The van der Waals surface area contributed by atoms with E-state index >= 15 is 0 Å². The van der Waals surface area contributed by atoms with Gasteiger partial charge in [0, 0.05) is 6.54 Å². The summed E-state index contributed by atoms with van der Waals surface area (Å²) in [5, 5.41) is 4.57. The van der Waals surface area contributed by atoms with E-state index in [0.29, 0.717) is 6.54 Å². The summed E-state index contributed by atoms with van der Waals surface area (Å²) in [6, 6.07) is 2.95. The number of benzene rings is 1. The molecule has 3 amide bonds. The molecule has 0 fully saturated rings. The van der Waals surface area contributed by atoms with Crippen molar-refractivity contribution in [3.05, 3.63) is 29.0 Å². The molecule has 0 aromatic heterocycles. The topological polar surface area (TPSA) is 67.4 Å². The Morgan fingerprint density at radius 1 is 1.47 bits per heavy atom. The van der Waals surface area contributed by atoms with Gasteiger partial charge in [0.05, 0.1) is 5.02 Å². The van der Waals surface area contributed by atoms with Gasteiger partial charge in [-0.05, 0) is 32.0 Å². The standard InChI is InChI=1S/C12H14ClFN2O3/c1-3-15-12(18)16-11(17)7(2)19-10-5-4-8(14)6-9(10)13/h4-7H,3H2,1-2H3,(H2,15,16,17,18)/t7-/m0/s1. The number of ether oxygens (including phenoxy) is 1. The molecule has 0 bridgehead atoms. The second-order valence-electron chi connectivity index (χ2n) is 3.68. The van der Waals surface area contributed by atoms with Gasteiger partial charge >= 0.3 is 6.03 Å². The lowest BCUT2D eigenvalue weighted by molar-refractivity contribution is -0.126. The van der Waals surface area contributed by atoms with Crippen molar-refractivity contribution in [3.8, 4) is 5.75 Å². The van der Waals surface area contributed by atoms with Crippen LogP contribution in [0.5, 0.6) is 5.75 Å². The van der Waals surface area contributed by atoms with Gasteiger partial charge in [0.2, 0.25) is 0 Å². The molecule has 104 valence electrons. The highest BCUT2D eigenvalue weighted by atomic mass is 35.5. The van der Waals surface area contributed by atoms with Gasteiger partial charge in [0.25, 0.3) is 5.91 Å². The number of hydrogen-bond acceptors (Lipinski definition) is 3. The normalized spacial score (nSPS) is 11.6. The summed E-state index contributed by atoms with van der Waals surface area (Å²) in [5.74, 6) is -0.954. The van der Waals surface area contributed by atoms with Gasteiger partial charge in [0.1, 0.15) is 11.6 Å². The summed E-state index contributed by atoms with van der Waals surface area (Å²) in [6.45, 7) is 3.58. The van der Waals surface area contributed by atoms with Gasteiger partial charge in [-0.2, -0.15) is 0 Å². The number of halogens is 2. The molecular formula is C12H14ClFN2O3.